The van der Waals surface area contributed by atoms with Crippen LogP contribution < -0.4 is 15.8 Å². The number of nitrogen functional groups attached to an aromatic ring is 1. The largest absolute Gasteiger partial charge is 0.421 e. The summed E-state index contributed by atoms with van der Waals surface area (Å²) in [4.78, 5) is 28.2. The van der Waals surface area contributed by atoms with Crippen molar-refractivity contribution >= 4 is 34.3 Å². The zero-order valence-corrected chi connectivity index (χ0v) is 20.8. The molecule has 0 unspecified atom stereocenters. The monoisotopic (exact) mass is 501 g/mol. The lowest BCUT2D eigenvalue weighted by Gasteiger charge is -2.11. The van der Waals surface area contributed by atoms with Crippen LogP contribution in [0.1, 0.15) is 6.92 Å². The molecule has 3 heterocycles. The Morgan fingerprint density at radius 3 is 2.45 bits per heavy atom. The van der Waals surface area contributed by atoms with Crippen molar-refractivity contribution < 1.29 is 9.53 Å². The van der Waals surface area contributed by atoms with E-state index in [0.29, 0.717) is 34.4 Å². The number of aryl methyl sites for hydroxylation is 1. The second-order valence-corrected chi connectivity index (χ2v) is 8.62. The van der Waals surface area contributed by atoms with Crippen LogP contribution in [0.3, 0.4) is 0 Å². The number of ether oxygens (including phenoxy) is 1. The van der Waals surface area contributed by atoms with Gasteiger partial charge < -0.3 is 25.2 Å². The summed E-state index contributed by atoms with van der Waals surface area (Å²) in [5.74, 6) is 1.32. The molecular formula is C29H23N7O2. The van der Waals surface area contributed by atoms with Crippen LogP contribution in [0.25, 0.3) is 38.3 Å². The second-order valence-electron chi connectivity index (χ2n) is 8.62. The van der Waals surface area contributed by atoms with Gasteiger partial charge in [0.1, 0.15) is 23.5 Å². The number of carbonyl (C=O) groups excluding carboxylic acids is 1. The van der Waals surface area contributed by atoms with Crippen LogP contribution in [0.4, 0.5) is 17.3 Å². The summed E-state index contributed by atoms with van der Waals surface area (Å²) < 4.78 is 7.84. The van der Waals surface area contributed by atoms with Gasteiger partial charge in [-0.15, -0.1) is 0 Å². The molecule has 0 bridgehead atoms. The van der Waals surface area contributed by atoms with Crippen molar-refractivity contribution in [1.82, 2.24) is 19.5 Å². The lowest BCUT2D eigenvalue weighted by molar-refractivity contribution is -0.112. The fraction of sp³-hybridized carbons (Fsp3) is 0.0690. The summed E-state index contributed by atoms with van der Waals surface area (Å²) in [5.41, 5.74) is 11.7. The molecule has 0 atom stereocenters. The Morgan fingerprint density at radius 2 is 1.76 bits per heavy atom. The van der Waals surface area contributed by atoms with Crippen molar-refractivity contribution in [1.29, 1.82) is 0 Å². The number of carbonyl (C=O) groups is 1. The minimum atomic E-state index is -0.232. The lowest BCUT2D eigenvalue weighted by atomic mass is 9.98. The average molecular weight is 502 g/mol. The summed E-state index contributed by atoms with van der Waals surface area (Å²) in [6.07, 6.45) is 1.45. The van der Waals surface area contributed by atoms with Gasteiger partial charge in [0.15, 0.2) is 0 Å². The van der Waals surface area contributed by atoms with Crippen molar-refractivity contribution in [3.05, 3.63) is 96.6 Å². The van der Waals surface area contributed by atoms with E-state index in [0.717, 1.165) is 27.8 Å². The van der Waals surface area contributed by atoms with Crippen molar-refractivity contribution in [2.75, 3.05) is 11.1 Å². The molecule has 186 valence electrons. The normalized spacial score (nSPS) is 10.7. The first-order valence-electron chi connectivity index (χ1n) is 11.6. The summed E-state index contributed by atoms with van der Waals surface area (Å²) in [5, 5.41) is 3.57. The number of rotatable bonds is 6. The first-order valence-corrected chi connectivity index (χ1v) is 11.6. The Bertz CT molecular complexity index is 1730. The van der Waals surface area contributed by atoms with E-state index < -0.39 is 0 Å². The van der Waals surface area contributed by atoms with Crippen LogP contribution in [-0.4, -0.2) is 25.4 Å². The number of benzene rings is 2. The molecule has 1 amide bonds. The van der Waals surface area contributed by atoms with Crippen LogP contribution in [-0.2, 0) is 11.8 Å². The number of fused-ring (bicyclic) bond motifs is 1. The fourth-order valence-corrected chi connectivity index (χ4v) is 4.18. The highest BCUT2D eigenvalue weighted by Crippen LogP contribution is 2.42. The van der Waals surface area contributed by atoms with E-state index in [1.54, 1.807) is 25.1 Å². The maximum absolute atomic E-state index is 12.0. The van der Waals surface area contributed by atoms with E-state index in [4.69, 9.17) is 17.0 Å². The summed E-state index contributed by atoms with van der Waals surface area (Å²) >= 11 is 0. The molecule has 38 heavy (non-hydrogen) atoms. The SMILES string of the molecule is [C-]#[N+]c1cccc(Oc2ccc(-c3c(-c4ccc(NC(=O)C(=C)C)cc4)n(C)c4ncnc(N)c34)cc2)n1. The second kappa shape index (κ2) is 9.87. The maximum atomic E-state index is 12.0. The van der Waals surface area contributed by atoms with Crippen LogP contribution >= 0.6 is 0 Å². The predicted molar refractivity (Wildman–Crippen MR) is 148 cm³/mol. The molecule has 0 spiro atoms. The Labute approximate surface area is 219 Å². The number of pyridine rings is 1. The molecule has 0 saturated heterocycles. The van der Waals surface area contributed by atoms with Gasteiger partial charge in [-0.25, -0.2) is 9.97 Å². The molecule has 5 aromatic rings. The number of anilines is 2. The number of hydrogen-bond acceptors (Lipinski definition) is 6. The van der Waals surface area contributed by atoms with Crippen LogP contribution in [0.15, 0.2) is 85.2 Å². The van der Waals surface area contributed by atoms with Gasteiger partial charge in [0.05, 0.1) is 11.1 Å². The zero-order chi connectivity index (χ0) is 26.8. The number of amides is 1. The lowest BCUT2D eigenvalue weighted by Crippen LogP contribution is -2.11. The van der Waals surface area contributed by atoms with Crippen molar-refractivity contribution in [3.63, 3.8) is 0 Å². The maximum Gasteiger partial charge on any atom is 0.314 e. The third kappa shape index (κ3) is 4.54. The van der Waals surface area contributed by atoms with Crippen LogP contribution in [0.2, 0.25) is 0 Å². The van der Waals surface area contributed by atoms with E-state index in [-0.39, 0.29) is 11.7 Å². The van der Waals surface area contributed by atoms with E-state index >= 15 is 0 Å². The Kier molecular flexibility index (Phi) is 6.29. The van der Waals surface area contributed by atoms with Gasteiger partial charge in [0.25, 0.3) is 11.7 Å². The third-order valence-corrected chi connectivity index (χ3v) is 5.99. The predicted octanol–water partition coefficient (Wildman–Crippen LogP) is 6.14. The van der Waals surface area contributed by atoms with Gasteiger partial charge in [-0.3, -0.25) is 4.79 Å². The first kappa shape index (κ1) is 24.2. The van der Waals surface area contributed by atoms with Crippen molar-refractivity contribution in [2.45, 2.75) is 6.92 Å². The summed E-state index contributed by atoms with van der Waals surface area (Å²) in [6, 6.07) is 20.1. The van der Waals surface area contributed by atoms with Gasteiger partial charge in [-0.05, 0) is 48.4 Å². The number of nitrogens with two attached hydrogens (primary N) is 1. The summed E-state index contributed by atoms with van der Waals surface area (Å²) in [7, 11) is 1.93. The molecule has 0 fully saturated rings. The number of nitrogens with zero attached hydrogens (tertiary/aromatic N) is 5. The van der Waals surface area contributed by atoms with Crippen LogP contribution in [0.5, 0.6) is 11.6 Å². The fourth-order valence-electron chi connectivity index (χ4n) is 4.18. The highest BCUT2D eigenvalue weighted by Gasteiger charge is 2.22. The Balaban J connectivity index is 1.57. The smallest absolute Gasteiger partial charge is 0.314 e. The van der Waals surface area contributed by atoms with Gasteiger partial charge in [0.2, 0.25) is 0 Å². The number of nitrogens with one attached hydrogen (secondary N) is 1. The highest BCUT2D eigenvalue weighted by molar-refractivity contribution is 6.08. The molecule has 2 aromatic carbocycles. The number of hydrogen-bond donors (Lipinski definition) is 2. The standard InChI is InChI=1S/C29H23N7O2/c1-17(2)29(37)34-20-12-8-19(9-13-20)26-24(25-27(30)32-16-33-28(25)36(26)4)18-10-14-21(15-11-18)38-23-7-5-6-22(31-3)35-23/h5-16H,1H2,2,4H3,(H,34,37)(H2,30,32,33). The van der Waals surface area contributed by atoms with E-state index in [2.05, 4.69) is 31.7 Å². The van der Waals surface area contributed by atoms with Gasteiger partial charge in [0, 0.05) is 29.9 Å². The Morgan fingerprint density at radius 1 is 1.05 bits per heavy atom. The molecule has 3 N–H and O–H groups in total. The van der Waals surface area contributed by atoms with Crippen molar-refractivity contribution in [2.24, 2.45) is 7.05 Å². The molecular weight excluding hydrogens is 478 g/mol. The molecule has 0 saturated carbocycles. The molecule has 0 radical (unpaired) electrons. The first-order chi connectivity index (χ1) is 18.4. The highest BCUT2D eigenvalue weighted by atomic mass is 16.5. The van der Waals surface area contributed by atoms with Gasteiger partial charge in [-0.2, -0.15) is 0 Å². The quantitative estimate of drug-likeness (QED) is 0.214. The summed E-state index contributed by atoms with van der Waals surface area (Å²) in [6.45, 7) is 12.5. The zero-order valence-electron chi connectivity index (χ0n) is 20.8. The van der Waals surface area contributed by atoms with Gasteiger partial charge in [-0.1, -0.05) is 48.5 Å². The molecule has 9 nitrogen and oxygen atoms in total. The minimum Gasteiger partial charge on any atom is -0.421 e. The third-order valence-electron chi connectivity index (χ3n) is 5.99. The molecule has 0 aliphatic carbocycles. The van der Waals surface area contributed by atoms with Gasteiger partial charge >= 0.3 is 5.88 Å². The Hall–Kier alpha value is -5.49. The molecule has 3 aromatic heterocycles. The van der Waals surface area contributed by atoms with Crippen LogP contribution in [0, 0.1) is 6.57 Å². The number of aromatic nitrogens is 4. The molecule has 9 heteroatoms. The van der Waals surface area contributed by atoms with E-state index in [1.807, 2.05) is 60.1 Å². The molecule has 5 rings (SSSR count). The minimum absolute atomic E-state index is 0.232. The van der Waals surface area contributed by atoms with E-state index in [9.17, 15) is 4.79 Å². The average Bonchev–Trinajstić information content (AvgIpc) is 3.23. The van der Waals surface area contributed by atoms with E-state index in [1.165, 1.54) is 6.33 Å². The molecule has 0 aliphatic heterocycles. The topological polar surface area (TPSA) is 112 Å². The molecule has 0 aliphatic rings. The van der Waals surface area contributed by atoms with Crippen molar-refractivity contribution in [3.8, 4) is 34.0 Å².